The third-order valence-electron chi connectivity index (χ3n) is 6.23. The Balaban J connectivity index is 2.26. The van der Waals surface area contributed by atoms with Gasteiger partial charge in [0.25, 0.3) is 0 Å². The third kappa shape index (κ3) is 7.46. The van der Waals surface area contributed by atoms with Crippen LogP contribution in [0, 0.1) is 5.41 Å². The molecule has 2 rings (SSSR count). The maximum atomic E-state index is 10.3. The van der Waals surface area contributed by atoms with E-state index in [0.717, 1.165) is 31.4 Å². The smallest absolute Gasteiger partial charge is 0.119 e. The Bertz CT molecular complexity index is 802. The molecular weight excluding hydrogens is 416 g/mol. The van der Waals surface area contributed by atoms with Gasteiger partial charge in [0.05, 0.1) is 12.7 Å². The Labute approximate surface area is 199 Å². The van der Waals surface area contributed by atoms with Crippen LogP contribution in [-0.2, 0) is 5.41 Å². The van der Waals surface area contributed by atoms with Crippen LogP contribution in [0.5, 0.6) is 11.5 Å². The van der Waals surface area contributed by atoms with Gasteiger partial charge >= 0.3 is 0 Å². The van der Waals surface area contributed by atoms with Gasteiger partial charge in [-0.1, -0.05) is 71.7 Å². The molecule has 2 atom stereocenters. The highest BCUT2D eigenvalue weighted by Gasteiger charge is 2.32. The van der Waals surface area contributed by atoms with E-state index in [1.54, 1.807) is 0 Å². The van der Waals surface area contributed by atoms with Crippen LogP contribution in [0.25, 0.3) is 0 Å². The number of ether oxygens (including phenoxy) is 2. The zero-order chi connectivity index (χ0) is 24.5. The lowest BCUT2D eigenvalue weighted by molar-refractivity contribution is 0.0218. The Morgan fingerprint density at radius 2 is 1.15 bits per heavy atom. The van der Waals surface area contributed by atoms with Crippen LogP contribution in [-0.4, -0.2) is 47.3 Å². The molecule has 0 amide bonds. The zero-order valence-electron chi connectivity index (χ0n) is 20.9. The molecule has 0 aliphatic heterocycles. The molecule has 2 unspecified atom stereocenters. The molecule has 0 bridgehead atoms. The van der Waals surface area contributed by atoms with Crippen molar-refractivity contribution in [3.05, 3.63) is 59.7 Å². The second kappa shape index (κ2) is 12.4. The summed E-state index contributed by atoms with van der Waals surface area (Å²) in [7, 11) is 0. The number of benzene rings is 2. The largest absolute Gasteiger partial charge is 0.491 e. The van der Waals surface area contributed by atoms with Gasteiger partial charge in [-0.05, 0) is 53.6 Å². The van der Waals surface area contributed by atoms with Gasteiger partial charge in [0.15, 0.2) is 0 Å². The molecular formula is C28H42O5. The average molecular weight is 459 g/mol. The maximum absolute atomic E-state index is 10.3. The maximum Gasteiger partial charge on any atom is 0.119 e. The molecule has 0 aromatic heterocycles. The SMILES string of the molecule is CCCC(CCC)(c1ccc(OCC(O)CO)cc1)c1ccc(OCC(O)C(C)(C)C)cc1. The summed E-state index contributed by atoms with van der Waals surface area (Å²) < 4.78 is 11.4. The van der Waals surface area contributed by atoms with Crippen LogP contribution in [0.1, 0.15) is 71.4 Å². The van der Waals surface area contributed by atoms with E-state index in [9.17, 15) is 10.2 Å². The molecule has 2 aromatic carbocycles. The van der Waals surface area contributed by atoms with Crippen molar-refractivity contribution in [3.8, 4) is 11.5 Å². The lowest BCUT2D eigenvalue weighted by atomic mass is 9.68. The summed E-state index contributed by atoms with van der Waals surface area (Å²) >= 11 is 0. The first-order valence-corrected chi connectivity index (χ1v) is 12.1. The predicted molar refractivity (Wildman–Crippen MR) is 133 cm³/mol. The number of hydrogen-bond donors (Lipinski definition) is 3. The number of rotatable bonds is 13. The molecule has 3 N–H and O–H groups in total. The molecule has 2 aromatic rings. The molecule has 0 spiro atoms. The monoisotopic (exact) mass is 458 g/mol. The number of aliphatic hydroxyl groups is 3. The summed E-state index contributed by atoms with van der Waals surface area (Å²) in [5, 5.41) is 28.8. The zero-order valence-corrected chi connectivity index (χ0v) is 20.9. The van der Waals surface area contributed by atoms with Gasteiger partial charge in [-0.15, -0.1) is 0 Å². The fourth-order valence-electron chi connectivity index (χ4n) is 4.13. The minimum absolute atomic E-state index is 0.0658. The van der Waals surface area contributed by atoms with Gasteiger partial charge in [-0.25, -0.2) is 0 Å². The molecule has 184 valence electrons. The van der Waals surface area contributed by atoms with Crippen molar-refractivity contribution >= 4 is 0 Å². The number of aliphatic hydroxyl groups excluding tert-OH is 3. The molecule has 0 aliphatic rings. The van der Waals surface area contributed by atoms with E-state index in [4.69, 9.17) is 14.6 Å². The standard InChI is InChI=1S/C28H42O5/c1-6-16-28(17-7-2,21-8-12-24(13-9-21)32-19-23(30)18-29)22-10-14-25(15-11-22)33-20-26(31)27(3,4)5/h8-15,23,26,29-31H,6-7,16-20H2,1-5H3. The van der Waals surface area contributed by atoms with E-state index in [1.165, 1.54) is 11.1 Å². The summed E-state index contributed by atoms with van der Waals surface area (Å²) in [6.45, 7) is 10.4. The van der Waals surface area contributed by atoms with E-state index in [1.807, 2.05) is 45.0 Å². The Kier molecular flexibility index (Phi) is 10.2. The van der Waals surface area contributed by atoms with Gasteiger partial charge in [0.2, 0.25) is 0 Å². The van der Waals surface area contributed by atoms with Crippen molar-refractivity contribution in [2.24, 2.45) is 5.41 Å². The van der Waals surface area contributed by atoms with Crippen molar-refractivity contribution < 1.29 is 24.8 Å². The van der Waals surface area contributed by atoms with Gasteiger partial charge in [-0.2, -0.15) is 0 Å². The Morgan fingerprint density at radius 1 is 0.727 bits per heavy atom. The van der Waals surface area contributed by atoms with Crippen molar-refractivity contribution in [1.29, 1.82) is 0 Å². The van der Waals surface area contributed by atoms with E-state index < -0.39 is 12.2 Å². The lowest BCUT2D eigenvalue weighted by Crippen LogP contribution is -2.32. The van der Waals surface area contributed by atoms with Crippen molar-refractivity contribution in [2.45, 2.75) is 77.9 Å². The third-order valence-corrected chi connectivity index (χ3v) is 6.23. The van der Waals surface area contributed by atoms with Crippen molar-refractivity contribution in [3.63, 3.8) is 0 Å². The summed E-state index contributed by atoms with van der Waals surface area (Å²) in [5.74, 6) is 1.43. The van der Waals surface area contributed by atoms with Crippen molar-refractivity contribution in [2.75, 3.05) is 19.8 Å². The van der Waals surface area contributed by atoms with Gasteiger partial charge in [0.1, 0.15) is 30.8 Å². The summed E-state index contributed by atoms with van der Waals surface area (Å²) in [6, 6.07) is 16.4. The fraction of sp³-hybridized carbons (Fsp3) is 0.571. The molecule has 0 saturated carbocycles. The summed E-state index contributed by atoms with van der Waals surface area (Å²) in [5.41, 5.74) is 2.15. The molecule has 5 heteroatoms. The van der Waals surface area contributed by atoms with E-state index >= 15 is 0 Å². The van der Waals surface area contributed by atoms with E-state index in [-0.39, 0.29) is 30.7 Å². The number of hydrogen-bond acceptors (Lipinski definition) is 5. The van der Waals surface area contributed by atoms with Gasteiger partial charge in [-0.3, -0.25) is 0 Å². The highest BCUT2D eigenvalue weighted by Crippen LogP contribution is 2.42. The van der Waals surface area contributed by atoms with Crippen LogP contribution in [0.15, 0.2) is 48.5 Å². The minimum Gasteiger partial charge on any atom is -0.491 e. The summed E-state index contributed by atoms with van der Waals surface area (Å²) in [6.07, 6.45) is 2.74. The quantitative estimate of drug-likeness (QED) is 0.390. The van der Waals surface area contributed by atoms with E-state index in [2.05, 4.69) is 38.1 Å². The Morgan fingerprint density at radius 3 is 1.52 bits per heavy atom. The fourth-order valence-corrected chi connectivity index (χ4v) is 4.13. The molecule has 0 fully saturated rings. The predicted octanol–water partition coefficient (Wildman–Crippen LogP) is 5.09. The van der Waals surface area contributed by atoms with Gasteiger partial charge in [0, 0.05) is 5.41 Å². The molecule has 0 heterocycles. The van der Waals surface area contributed by atoms with Crippen LogP contribution >= 0.6 is 0 Å². The molecule has 0 aliphatic carbocycles. The second-order valence-corrected chi connectivity index (χ2v) is 9.97. The topological polar surface area (TPSA) is 79.2 Å². The first-order chi connectivity index (χ1) is 15.7. The van der Waals surface area contributed by atoms with Gasteiger partial charge < -0.3 is 24.8 Å². The first kappa shape index (κ1) is 27.2. The highest BCUT2D eigenvalue weighted by atomic mass is 16.5. The van der Waals surface area contributed by atoms with Crippen LogP contribution in [0.2, 0.25) is 0 Å². The minimum atomic E-state index is -0.880. The molecule has 5 nitrogen and oxygen atoms in total. The molecule has 0 saturated heterocycles. The van der Waals surface area contributed by atoms with E-state index in [0.29, 0.717) is 5.75 Å². The van der Waals surface area contributed by atoms with Crippen LogP contribution in [0.3, 0.4) is 0 Å². The molecule has 0 radical (unpaired) electrons. The summed E-state index contributed by atoms with van der Waals surface area (Å²) in [4.78, 5) is 0. The average Bonchev–Trinajstić information content (AvgIpc) is 2.80. The second-order valence-electron chi connectivity index (χ2n) is 9.97. The van der Waals surface area contributed by atoms with Crippen molar-refractivity contribution in [1.82, 2.24) is 0 Å². The Hall–Kier alpha value is -2.08. The highest BCUT2D eigenvalue weighted by molar-refractivity contribution is 5.43. The normalized spacial score (nSPS) is 14.1. The van der Waals surface area contributed by atoms with Crippen LogP contribution < -0.4 is 9.47 Å². The van der Waals surface area contributed by atoms with Crippen LogP contribution in [0.4, 0.5) is 0 Å². The first-order valence-electron chi connectivity index (χ1n) is 12.1. The lowest BCUT2D eigenvalue weighted by Gasteiger charge is -2.35. The molecule has 33 heavy (non-hydrogen) atoms.